The largest absolute Gasteiger partial charge is 0.486 e. The maximum atomic E-state index is 5.88. The lowest BCUT2D eigenvalue weighted by atomic mass is 9.98. The summed E-state index contributed by atoms with van der Waals surface area (Å²) in [6.07, 6.45) is 5.75. The third-order valence-corrected chi connectivity index (χ3v) is 3.32. The van der Waals surface area contributed by atoms with Crippen LogP contribution in [0.5, 0.6) is 5.75 Å². The molecule has 4 nitrogen and oxygen atoms in total. The predicted molar refractivity (Wildman–Crippen MR) is 73.9 cm³/mol. The summed E-state index contributed by atoms with van der Waals surface area (Å²) in [7, 11) is 0. The van der Waals surface area contributed by atoms with Gasteiger partial charge in [0.2, 0.25) is 0 Å². The van der Waals surface area contributed by atoms with Gasteiger partial charge in [-0.3, -0.25) is 4.98 Å². The number of pyridine rings is 1. The molecule has 0 bridgehead atoms. The lowest BCUT2D eigenvalue weighted by Gasteiger charge is -2.20. The molecular weight excluding hydrogens is 275 g/mol. The van der Waals surface area contributed by atoms with E-state index in [2.05, 4.69) is 10.3 Å². The summed E-state index contributed by atoms with van der Waals surface area (Å²) in [4.78, 5) is 4.04. The average Bonchev–Trinajstić information content (AvgIpc) is 2.92. The van der Waals surface area contributed by atoms with Gasteiger partial charge in [-0.2, -0.15) is 0 Å². The van der Waals surface area contributed by atoms with Crippen LogP contribution in [0.3, 0.4) is 0 Å². The van der Waals surface area contributed by atoms with Gasteiger partial charge in [0.25, 0.3) is 0 Å². The second kappa shape index (κ2) is 6.57. The number of halogens is 2. The minimum atomic E-state index is 0. The molecule has 0 saturated carbocycles. The minimum Gasteiger partial charge on any atom is -0.486 e. The molecule has 3 rings (SSSR count). The lowest BCUT2D eigenvalue weighted by molar-refractivity contribution is 0.0182. The van der Waals surface area contributed by atoms with Gasteiger partial charge in [-0.1, -0.05) is 0 Å². The number of rotatable bonds is 2. The highest BCUT2D eigenvalue weighted by atomic mass is 35.5. The van der Waals surface area contributed by atoms with E-state index in [1.54, 1.807) is 12.4 Å². The second-order valence-electron chi connectivity index (χ2n) is 4.55. The zero-order valence-electron chi connectivity index (χ0n) is 10.0. The summed E-state index contributed by atoms with van der Waals surface area (Å²) in [5.74, 6) is 0.833. The molecule has 1 N–H and O–H groups in total. The monoisotopic (exact) mass is 292 g/mol. The average molecular weight is 293 g/mol. The van der Waals surface area contributed by atoms with Crippen LogP contribution in [0.4, 0.5) is 0 Å². The molecule has 6 heteroatoms. The number of ether oxygens (including phenoxy) is 2. The molecule has 102 valence electrons. The first-order valence-corrected chi connectivity index (χ1v) is 5.78. The van der Waals surface area contributed by atoms with Gasteiger partial charge < -0.3 is 14.8 Å². The second-order valence-corrected chi connectivity index (χ2v) is 4.55. The van der Waals surface area contributed by atoms with E-state index in [4.69, 9.17) is 9.47 Å². The highest BCUT2D eigenvalue weighted by Crippen LogP contribution is 2.33. The third kappa shape index (κ3) is 3.26. The van der Waals surface area contributed by atoms with E-state index < -0.39 is 0 Å². The summed E-state index contributed by atoms with van der Waals surface area (Å²) in [5, 5.41) is 3.35. The van der Waals surface area contributed by atoms with E-state index in [9.17, 15) is 0 Å². The van der Waals surface area contributed by atoms with Crippen molar-refractivity contribution in [2.45, 2.75) is 24.5 Å². The van der Waals surface area contributed by atoms with Gasteiger partial charge >= 0.3 is 0 Å². The molecule has 2 fully saturated rings. The van der Waals surface area contributed by atoms with Crippen LogP contribution in [0, 0.1) is 0 Å². The Labute approximate surface area is 119 Å². The first kappa shape index (κ1) is 15.5. The van der Waals surface area contributed by atoms with Crippen molar-refractivity contribution in [3.05, 3.63) is 24.5 Å². The molecule has 0 amide bonds. The van der Waals surface area contributed by atoms with E-state index in [1.807, 2.05) is 12.1 Å². The number of aromatic nitrogens is 1. The van der Waals surface area contributed by atoms with Crippen molar-refractivity contribution in [3.8, 4) is 5.75 Å². The van der Waals surface area contributed by atoms with Crippen molar-refractivity contribution >= 4 is 24.8 Å². The third-order valence-electron chi connectivity index (χ3n) is 3.32. The van der Waals surface area contributed by atoms with Crippen LogP contribution < -0.4 is 10.1 Å². The quantitative estimate of drug-likeness (QED) is 0.903. The Morgan fingerprint density at radius 3 is 3.00 bits per heavy atom. The molecule has 18 heavy (non-hydrogen) atoms. The Morgan fingerprint density at radius 1 is 1.44 bits per heavy atom. The van der Waals surface area contributed by atoms with Gasteiger partial charge in [0.15, 0.2) is 0 Å². The van der Waals surface area contributed by atoms with Crippen LogP contribution in [-0.2, 0) is 4.74 Å². The van der Waals surface area contributed by atoms with Crippen LogP contribution in [0.2, 0.25) is 0 Å². The molecule has 1 spiro atoms. The molecule has 3 heterocycles. The first-order chi connectivity index (χ1) is 7.86. The van der Waals surface area contributed by atoms with Crippen molar-refractivity contribution in [1.82, 2.24) is 10.3 Å². The first-order valence-electron chi connectivity index (χ1n) is 5.78. The highest BCUT2D eigenvalue weighted by Gasteiger charge is 2.43. The molecule has 2 aliphatic rings. The number of hydrogen-bond acceptors (Lipinski definition) is 4. The van der Waals surface area contributed by atoms with E-state index >= 15 is 0 Å². The van der Waals surface area contributed by atoms with Crippen LogP contribution in [-0.4, -0.2) is 36.4 Å². The van der Waals surface area contributed by atoms with Crippen molar-refractivity contribution in [1.29, 1.82) is 0 Å². The molecule has 1 aromatic heterocycles. The molecule has 2 atom stereocenters. The smallest absolute Gasteiger partial charge is 0.138 e. The van der Waals surface area contributed by atoms with E-state index in [0.29, 0.717) is 6.61 Å². The van der Waals surface area contributed by atoms with Gasteiger partial charge in [-0.15, -0.1) is 24.8 Å². The standard InChI is InChI=1S/C12H16N2O2.2ClH/c1-2-10(7-13-4-1)16-11-6-12(15-8-11)3-5-14-9-12;;/h1-2,4,7,11,14H,3,5-6,8-9H2;2*1H/t11-,12+;;/m1../s1. The molecule has 2 saturated heterocycles. The van der Waals surface area contributed by atoms with Crippen LogP contribution in [0.1, 0.15) is 12.8 Å². The highest BCUT2D eigenvalue weighted by molar-refractivity contribution is 5.85. The number of nitrogens with zero attached hydrogens (tertiary/aromatic N) is 1. The zero-order valence-corrected chi connectivity index (χ0v) is 11.6. The van der Waals surface area contributed by atoms with Crippen LogP contribution in [0.15, 0.2) is 24.5 Å². The Bertz CT molecular complexity index is 358. The maximum absolute atomic E-state index is 5.88. The van der Waals surface area contributed by atoms with Crippen LogP contribution in [0.25, 0.3) is 0 Å². The fourth-order valence-corrected chi connectivity index (χ4v) is 2.51. The number of nitrogens with one attached hydrogen (secondary N) is 1. The molecule has 1 aromatic rings. The summed E-state index contributed by atoms with van der Waals surface area (Å²) >= 11 is 0. The Morgan fingerprint density at radius 2 is 2.33 bits per heavy atom. The summed E-state index contributed by atoms with van der Waals surface area (Å²) < 4.78 is 11.7. The van der Waals surface area contributed by atoms with Gasteiger partial charge in [-0.05, 0) is 25.1 Å². The summed E-state index contributed by atoms with van der Waals surface area (Å²) in [6, 6.07) is 3.82. The van der Waals surface area contributed by atoms with Crippen molar-refractivity contribution < 1.29 is 9.47 Å². The van der Waals surface area contributed by atoms with Gasteiger partial charge in [-0.25, -0.2) is 0 Å². The van der Waals surface area contributed by atoms with E-state index in [0.717, 1.165) is 31.7 Å². The molecule has 0 unspecified atom stereocenters. The normalized spacial score (nSPS) is 29.7. The Balaban J connectivity index is 0.000000810. The predicted octanol–water partition coefficient (Wildman–Crippen LogP) is 1.82. The van der Waals surface area contributed by atoms with Crippen molar-refractivity contribution in [2.24, 2.45) is 0 Å². The fraction of sp³-hybridized carbons (Fsp3) is 0.583. The maximum Gasteiger partial charge on any atom is 0.138 e. The van der Waals surface area contributed by atoms with Gasteiger partial charge in [0, 0.05) is 19.2 Å². The molecule has 0 aromatic carbocycles. The SMILES string of the molecule is Cl.Cl.c1cncc(O[C@H]2CO[C@@]3(CCNC3)C2)c1. The van der Waals surface area contributed by atoms with E-state index in [-0.39, 0.29) is 36.5 Å². The van der Waals surface area contributed by atoms with Crippen molar-refractivity contribution in [2.75, 3.05) is 19.7 Å². The topological polar surface area (TPSA) is 43.4 Å². The van der Waals surface area contributed by atoms with Crippen LogP contribution >= 0.6 is 24.8 Å². The zero-order chi connectivity index (χ0) is 10.8. The number of hydrogen-bond donors (Lipinski definition) is 1. The van der Waals surface area contributed by atoms with Gasteiger partial charge in [0.1, 0.15) is 11.9 Å². The lowest BCUT2D eigenvalue weighted by Crippen LogP contribution is -2.31. The minimum absolute atomic E-state index is 0. The molecule has 2 aliphatic heterocycles. The Hall–Kier alpha value is -0.550. The van der Waals surface area contributed by atoms with Gasteiger partial charge in [0.05, 0.1) is 18.4 Å². The summed E-state index contributed by atoms with van der Waals surface area (Å²) in [5.41, 5.74) is 0.0346. The van der Waals surface area contributed by atoms with E-state index in [1.165, 1.54) is 0 Å². The Kier molecular flexibility index (Phi) is 5.66. The van der Waals surface area contributed by atoms with Crippen molar-refractivity contribution in [3.63, 3.8) is 0 Å². The molecular formula is C12H18Cl2N2O2. The molecule has 0 aliphatic carbocycles. The fourth-order valence-electron chi connectivity index (χ4n) is 2.51. The summed E-state index contributed by atoms with van der Waals surface area (Å²) in [6.45, 7) is 2.70. The molecule has 0 radical (unpaired) electrons.